The van der Waals surface area contributed by atoms with E-state index in [0.717, 1.165) is 31.2 Å². The molecule has 0 spiro atoms. The summed E-state index contributed by atoms with van der Waals surface area (Å²) in [6.07, 6.45) is 9.28. The van der Waals surface area contributed by atoms with E-state index in [1.807, 2.05) is 25.1 Å². The molecule has 3 aromatic rings. The quantitative estimate of drug-likeness (QED) is 0.317. The van der Waals surface area contributed by atoms with Crippen molar-refractivity contribution in [2.24, 2.45) is 0 Å². The lowest BCUT2D eigenvalue weighted by atomic mass is 9.77. The summed E-state index contributed by atoms with van der Waals surface area (Å²) in [7, 11) is -3.16. The van der Waals surface area contributed by atoms with Crippen molar-refractivity contribution < 1.29 is 13.5 Å². The Kier molecular flexibility index (Phi) is 7.50. The van der Waals surface area contributed by atoms with E-state index in [1.54, 1.807) is 21.4 Å². The number of anilines is 1. The Labute approximate surface area is 244 Å². The summed E-state index contributed by atoms with van der Waals surface area (Å²) in [5.41, 5.74) is 2.61. The number of aliphatic hydroxyl groups is 1. The van der Waals surface area contributed by atoms with Crippen LogP contribution in [0.2, 0.25) is 5.02 Å². The van der Waals surface area contributed by atoms with E-state index in [1.165, 1.54) is 6.20 Å². The lowest BCUT2D eigenvalue weighted by Crippen LogP contribution is -2.51. The predicted octanol–water partition coefficient (Wildman–Crippen LogP) is 3.90. The molecule has 3 heterocycles. The molecule has 2 saturated carbocycles. The monoisotopic (exact) mass is 596 g/mol. The SMILES string of the molecule is [C-]#[N+]c1cnc(NC2CCN(S(=O)(=O)C3CC3)CC2)nc1-c1cnn(-c2ccc(CNC3CC(C)(O)C3)cc2Cl)c1. The van der Waals surface area contributed by atoms with Gasteiger partial charge in [-0.15, -0.1) is 0 Å². The van der Waals surface area contributed by atoms with Crippen molar-refractivity contribution in [1.29, 1.82) is 0 Å². The normalized spacial score (nSPS) is 23.6. The summed E-state index contributed by atoms with van der Waals surface area (Å²) < 4.78 is 28.4. The van der Waals surface area contributed by atoms with Crippen LogP contribution in [0.1, 0.15) is 51.0 Å². The molecular weight excluding hydrogens is 564 g/mol. The maximum Gasteiger partial charge on any atom is 0.231 e. The first-order valence-corrected chi connectivity index (χ1v) is 15.8. The Balaban J connectivity index is 1.12. The van der Waals surface area contributed by atoms with Gasteiger partial charge in [0.2, 0.25) is 21.7 Å². The number of hydrogen-bond donors (Lipinski definition) is 3. The third-order valence-corrected chi connectivity index (χ3v) is 10.8. The Hall–Kier alpha value is -3.08. The second-order valence-corrected chi connectivity index (χ2v) is 14.2. The second-order valence-electron chi connectivity index (χ2n) is 11.5. The summed E-state index contributed by atoms with van der Waals surface area (Å²) in [6, 6.07) is 6.15. The number of rotatable bonds is 9. The van der Waals surface area contributed by atoms with Gasteiger partial charge in [0.25, 0.3) is 0 Å². The van der Waals surface area contributed by atoms with Gasteiger partial charge >= 0.3 is 0 Å². The van der Waals surface area contributed by atoms with Crippen LogP contribution in [0.4, 0.5) is 11.6 Å². The first kappa shape index (κ1) is 28.1. The van der Waals surface area contributed by atoms with Crippen molar-refractivity contribution in [1.82, 2.24) is 29.4 Å². The van der Waals surface area contributed by atoms with Gasteiger partial charge in [-0.1, -0.05) is 17.7 Å². The molecular formula is C28H33ClN8O3S. The van der Waals surface area contributed by atoms with Gasteiger partial charge in [0.05, 0.1) is 40.0 Å². The van der Waals surface area contributed by atoms with Crippen molar-refractivity contribution in [3.05, 3.63) is 58.8 Å². The highest BCUT2D eigenvalue weighted by molar-refractivity contribution is 7.90. The Morgan fingerprint density at radius 2 is 1.93 bits per heavy atom. The topological polar surface area (TPSA) is 130 Å². The van der Waals surface area contributed by atoms with Crippen molar-refractivity contribution in [3.63, 3.8) is 0 Å². The first-order chi connectivity index (χ1) is 19.6. The predicted molar refractivity (Wildman–Crippen MR) is 157 cm³/mol. The fraction of sp³-hybridized carbons (Fsp3) is 0.500. The number of benzene rings is 1. The van der Waals surface area contributed by atoms with Crippen LogP contribution in [0.5, 0.6) is 0 Å². The first-order valence-electron chi connectivity index (χ1n) is 13.9. The lowest BCUT2D eigenvalue weighted by Gasteiger charge is -2.41. The molecule has 0 atom stereocenters. The molecule has 1 aliphatic heterocycles. The van der Waals surface area contributed by atoms with E-state index in [9.17, 15) is 13.5 Å². The van der Waals surface area contributed by atoms with E-state index >= 15 is 0 Å². The van der Waals surface area contributed by atoms with Crippen molar-refractivity contribution >= 4 is 33.3 Å². The standard InChI is InChI=1S/C28H33ClN8O3S/c1-28(38)12-21(13-28)31-14-18-3-6-25(23(29)11-18)37-17-19(15-33-37)26-24(30-2)16-32-27(35-26)34-20-7-9-36(10-8-20)41(39,40)22-4-5-22/h3,6,11,15-17,20-22,31,38H,4-5,7-10,12-14H2,1H3,(H,32,34,35). The van der Waals surface area contributed by atoms with Gasteiger partial charge in [-0.05, 0) is 63.1 Å². The minimum absolute atomic E-state index is 0.0410. The van der Waals surface area contributed by atoms with Crippen molar-refractivity contribution in [2.75, 3.05) is 18.4 Å². The zero-order valence-electron chi connectivity index (χ0n) is 22.8. The van der Waals surface area contributed by atoms with Crippen LogP contribution >= 0.6 is 11.6 Å². The van der Waals surface area contributed by atoms with Crippen LogP contribution in [0.3, 0.4) is 0 Å². The average Bonchev–Trinajstić information content (AvgIpc) is 3.69. The van der Waals surface area contributed by atoms with Crippen LogP contribution in [-0.2, 0) is 16.6 Å². The van der Waals surface area contributed by atoms with Crippen LogP contribution < -0.4 is 10.6 Å². The smallest absolute Gasteiger partial charge is 0.231 e. The minimum Gasteiger partial charge on any atom is -0.390 e. The second kappa shape index (κ2) is 11.0. The molecule has 41 heavy (non-hydrogen) atoms. The summed E-state index contributed by atoms with van der Waals surface area (Å²) in [6.45, 7) is 11.1. The molecule has 2 aliphatic carbocycles. The van der Waals surface area contributed by atoms with E-state index in [-0.39, 0.29) is 11.3 Å². The summed E-state index contributed by atoms with van der Waals surface area (Å²) in [5, 5.41) is 21.5. The summed E-state index contributed by atoms with van der Waals surface area (Å²) >= 11 is 6.63. The van der Waals surface area contributed by atoms with Crippen LogP contribution in [0, 0.1) is 6.57 Å². The van der Waals surface area contributed by atoms with E-state index in [2.05, 4.69) is 30.5 Å². The fourth-order valence-corrected chi connectivity index (χ4v) is 7.75. The number of hydrogen-bond acceptors (Lipinski definition) is 8. The molecule has 1 saturated heterocycles. The van der Waals surface area contributed by atoms with Gasteiger partial charge in [-0.3, -0.25) is 0 Å². The Bertz CT molecular complexity index is 1580. The van der Waals surface area contributed by atoms with E-state index in [4.69, 9.17) is 18.2 Å². The van der Waals surface area contributed by atoms with Gasteiger partial charge in [-0.25, -0.2) is 32.2 Å². The van der Waals surface area contributed by atoms with Crippen LogP contribution in [-0.4, -0.2) is 73.6 Å². The highest BCUT2D eigenvalue weighted by Crippen LogP contribution is 2.34. The molecule has 3 N–H and O–H groups in total. The number of halogens is 1. The largest absolute Gasteiger partial charge is 0.390 e. The van der Waals surface area contributed by atoms with Crippen molar-refractivity contribution in [3.8, 4) is 16.9 Å². The third-order valence-electron chi connectivity index (χ3n) is 8.06. The number of sulfonamides is 1. The zero-order chi connectivity index (χ0) is 28.8. The Morgan fingerprint density at radius 1 is 1.17 bits per heavy atom. The number of nitrogens with one attached hydrogen (secondary N) is 2. The lowest BCUT2D eigenvalue weighted by molar-refractivity contribution is -0.0393. The zero-order valence-corrected chi connectivity index (χ0v) is 24.4. The fourth-order valence-electron chi connectivity index (χ4n) is 5.58. The maximum atomic E-state index is 12.5. The van der Waals surface area contributed by atoms with Gasteiger partial charge in [0, 0.05) is 49.7 Å². The molecule has 0 bridgehead atoms. The third kappa shape index (κ3) is 6.10. The van der Waals surface area contributed by atoms with Gasteiger partial charge in [0.15, 0.2) is 0 Å². The number of piperidine rings is 1. The van der Waals surface area contributed by atoms with Gasteiger partial charge in [-0.2, -0.15) is 5.10 Å². The number of aromatic nitrogens is 4. The summed E-state index contributed by atoms with van der Waals surface area (Å²) in [4.78, 5) is 12.6. The minimum atomic E-state index is -3.16. The Morgan fingerprint density at radius 3 is 2.59 bits per heavy atom. The molecule has 13 heteroatoms. The van der Waals surface area contributed by atoms with E-state index in [0.29, 0.717) is 72.1 Å². The average molecular weight is 597 g/mol. The van der Waals surface area contributed by atoms with E-state index < -0.39 is 15.6 Å². The summed E-state index contributed by atoms with van der Waals surface area (Å²) in [5.74, 6) is 0.395. The van der Waals surface area contributed by atoms with Crippen molar-refractivity contribution in [2.45, 2.75) is 74.9 Å². The molecule has 0 unspecified atom stereocenters. The highest BCUT2D eigenvalue weighted by Gasteiger charge is 2.41. The van der Waals surface area contributed by atoms with Gasteiger partial charge < -0.3 is 15.7 Å². The molecule has 3 fully saturated rings. The molecule has 3 aliphatic rings. The molecule has 216 valence electrons. The number of nitrogens with zero attached hydrogens (tertiary/aromatic N) is 6. The maximum absolute atomic E-state index is 12.5. The molecule has 1 aromatic carbocycles. The molecule has 6 rings (SSSR count). The molecule has 0 radical (unpaired) electrons. The van der Waals surface area contributed by atoms with Crippen LogP contribution in [0.25, 0.3) is 21.8 Å². The highest BCUT2D eigenvalue weighted by atomic mass is 35.5. The van der Waals surface area contributed by atoms with Gasteiger partial charge in [0.1, 0.15) is 0 Å². The molecule has 2 aromatic heterocycles. The van der Waals surface area contributed by atoms with Crippen LogP contribution in [0.15, 0.2) is 36.8 Å². The molecule has 0 amide bonds. The molecule has 11 nitrogen and oxygen atoms in total.